The van der Waals surface area contributed by atoms with Crippen molar-refractivity contribution in [3.63, 3.8) is 0 Å². The Hall–Kier alpha value is -2.69. The molecule has 0 amide bonds. The Morgan fingerprint density at radius 1 is 1.21 bits per heavy atom. The summed E-state index contributed by atoms with van der Waals surface area (Å²) in [5, 5.41) is 0. The number of nitrogens with zero attached hydrogens (tertiary/aromatic N) is 3. The molecule has 0 N–H and O–H groups in total. The summed E-state index contributed by atoms with van der Waals surface area (Å²) in [5.74, 6) is -0.285. The number of ether oxygens (including phenoxy) is 1. The molecule has 1 atom stereocenters. The highest BCUT2D eigenvalue weighted by Crippen LogP contribution is 2.41. The molecule has 0 spiro atoms. The molecular formula is C19H19N3O2. The fourth-order valence-corrected chi connectivity index (χ4v) is 3.58. The first-order chi connectivity index (χ1) is 11.7. The minimum absolute atomic E-state index is 0.285. The smallest absolute Gasteiger partial charge is 0.340 e. The number of hydrogen-bond acceptors (Lipinski definition) is 5. The standard InChI is InChI=1S/C19H19N3O2/c23-18(16-5-2-8-21-13-16)24-19-6-3-9-22(14-19)17(11-19)10-15-4-1-7-20-12-15/h1-2,4-5,7-8,10,12-13H,3,6,9,11,14H2/b17-10+. The van der Waals surface area contributed by atoms with Crippen molar-refractivity contribution < 1.29 is 9.53 Å². The van der Waals surface area contributed by atoms with Gasteiger partial charge in [-0.1, -0.05) is 6.07 Å². The molecule has 122 valence electrons. The second-order valence-electron chi connectivity index (χ2n) is 6.44. The van der Waals surface area contributed by atoms with Crippen molar-refractivity contribution in [2.75, 3.05) is 13.1 Å². The molecule has 2 saturated heterocycles. The van der Waals surface area contributed by atoms with E-state index in [0.717, 1.165) is 37.9 Å². The molecule has 4 heterocycles. The fraction of sp³-hybridized carbons (Fsp3) is 0.316. The zero-order valence-corrected chi connectivity index (χ0v) is 13.4. The summed E-state index contributed by atoms with van der Waals surface area (Å²) in [7, 11) is 0. The third kappa shape index (κ3) is 2.89. The molecule has 5 nitrogen and oxygen atoms in total. The lowest BCUT2D eigenvalue weighted by Gasteiger charge is -2.33. The van der Waals surface area contributed by atoms with Crippen LogP contribution in [0.25, 0.3) is 6.08 Å². The van der Waals surface area contributed by atoms with Gasteiger partial charge in [0.1, 0.15) is 5.60 Å². The maximum absolute atomic E-state index is 12.5. The predicted octanol–water partition coefficient (Wildman–Crippen LogP) is 2.91. The van der Waals surface area contributed by atoms with Crippen LogP contribution in [0.2, 0.25) is 0 Å². The lowest BCUT2D eigenvalue weighted by molar-refractivity contribution is -0.0270. The predicted molar refractivity (Wildman–Crippen MR) is 90.0 cm³/mol. The molecule has 2 fully saturated rings. The quantitative estimate of drug-likeness (QED) is 0.814. The second kappa shape index (κ2) is 6.07. The Kier molecular flexibility index (Phi) is 3.76. The van der Waals surface area contributed by atoms with Crippen molar-refractivity contribution in [1.82, 2.24) is 14.9 Å². The minimum atomic E-state index is -0.417. The van der Waals surface area contributed by atoms with E-state index in [1.807, 2.05) is 18.3 Å². The van der Waals surface area contributed by atoms with E-state index in [-0.39, 0.29) is 5.97 Å². The van der Waals surface area contributed by atoms with E-state index in [1.165, 1.54) is 5.70 Å². The van der Waals surface area contributed by atoms with Gasteiger partial charge < -0.3 is 9.64 Å². The number of carbonyl (C=O) groups is 1. The highest BCUT2D eigenvalue weighted by Gasteiger charge is 2.46. The number of aromatic nitrogens is 2. The van der Waals surface area contributed by atoms with Crippen LogP contribution >= 0.6 is 0 Å². The number of esters is 1. The molecule has 0 saturated carbocycles. The average Bonchev–Trinajstić information content (AvgIpc) is 2.86. The van der Waals surface area contributed by atoms with Gasteiger partial charge in [-0.3, -0.25) is 9.97 Å². The van der Waals surface area contributed by atoms with E-state index in [1.54, 1.807) is 30.7 Å². The lowest BCUT2D eigenvalue weighted by Crippen LogP contribution is -2.42. The van der Waals surface area contributed by atoms with Crippen molar-refractivity contribution in [2.24, 2.45) is 0 Å². The Labute approximate surface area is 141 Å². The first-order valence-corrected chi connectivity index (χ1v) is 8.23. The average molecular weight is 321 g/mol. The van der Waals surface area contributed by atoms with Gasteiger partial charge in [0.2, 0.25) is 0 Å². The number of hydrogen-bond donors (Lipinski definition) is 0. The molecule has 0 aromatic carbocycles. The Morgan fingerprint density at radius 2 is 2.04 bits per heavy atom. The van der Waals surface area contributed by atoms with Crippen molar-refractivity contribution in [3.8, 4) is 0 Å². The van der Waals surface area contributed by atoms with Crippen molar-refractivity contribution in [3.05, 3.63) is 65.9 Å². The molecular weight excluding hydrogens is 302 g/mol. The molecule has 2 bridgehead atoms. The van der Waals surface area contributed by atoms with Crippen LogP contribution in [-0.2, 0) is 4.74 Å². The fourth-order valence-electron chi connectivity index (χ4n) is 3.58. The van der Waals surface area contributed by atoms with Gasteiger partial charge in [0.25, 0.3) is 0 Å². The molecule has 2 aromatic rings. The van der Waals surface area contributed by atoms with Crippen LogP contribution in [-0.4, -0.2) is 39.5 Å². The van der Waals surface area contributed by atoms with E-state index in [9.17, 15) is 4.79 Å². The second-order valence-corrected chi connectivity index (χ2v) is 6.44. The Balaban J connectivity index is 1.55. The molecule has 2 aliphatic rings. The Morgan fingerprint density at radius 3 is 2.79 bits per heavy atom. The topological polar surface area (TPSA) is 55.3 Å². The summed E-state index contributed by atoms with van der Waals surface area (Å²) < 4.78 is 5.95. The highest BCUT2D eigenvalue weighted by atomic mass is 16.6. The minimum Gasteiger partial charge on any atom is -0.453 e. The summed E-state index contributed by atoms with van der Waals surface area (Å²) in [6, 6.07) is 7.47. The third-order valence-corrected chi connectivity index (χ3v) is 4.67. The first-order valence-electron chi connectivity index (χ1n) is 8.23. The van der Waals surface area contributed by atoms with Gasteiger partial charge in [-0.2, -0.15) is 0 Å². The third-order valence-electron chi connectivity index (χ3n) is 4.67. The SMILES string of the molecule is O=C(OC12CCCN(C1)/C(=C/c1cccnc1)C2)c1cccnc1. The zero-order valence-electron chi connectivity index (χ0n) is 13.4. The molecule has 4 rings (SSSR count). The van der Waals surface area contributed by atoms with Gasteiger partial charge in [-0.15, -0.1) is 0 Å². The number of carbonyl (C=O) groups excluding carboxylic acids is 1. The van der Waals surface area contributed by atoms with Gasteiger partial charge in [0.15, 0.2) is 0 Å². The molecule has 5 heteroatoms. The van der Waals surface area contributed by atoms with Crippen LogP contribution in [0.1, 0.15) is 35.2 Å². The number of fused-ring (bicyclic) bond motifs is 2. The molecule has 2 aliphatic heterocycles. The summed E-state index contributed by atoms with van der Waals surface area (Å²) in [6.07, 6.45) is 11.7. The monoisotopic (exact) mass is 321 g/mol. The maximum Gasteiger partial charge on any atom is 0.340 e. The zero-order chi connectivity index (χ0) is 16.4. The summed E-state index contributed by atoms with van der Waals surface area (Å²) in [4.78, 5) is 22.9. The highest BCUT2D eigenvalue weighted by molar-refractivity contribution is 5.89. The molecule has 24 heavy (non-hydrogen) atoms. The van der Waals surface area contributed by atoms with Gasteiger partial charge in [0, 0.05) is 43.4 Å². The van der Waals surface area contributed by atoms with Crippen LogP contribution in [0.4, 0.5) is 0 Å². The van der Waals surface area contributed by atoms with E-state index in [4.69, 9.17) is 4.74 Å². The number of pyridine rings is 2. The van der Waals surface area contributed by atoms with Gasteiger partial charge >= 0.3 is 5.97 Å². The number of rotatable bonds is 3. The Bertz CT molecular complexity index is 761. The van der Waals surface area contributed by atoms with Crippen molar-refractivity contribution in [1.29, 1.82) is 0 Å². The van der Waals surface area contributed by atoms with Crippen molar-refractivity contribution >= 4 is 12.0 Å². The van der Waals surface area contributed by atoms with Gasteiger partial charge in [0.05, 0.1) is 12.1 Å². The lowest BCUT2D eigenvalue weighted by atomic mass is 9.94. The van der Waals surface area contributed by atoms with Crippen LogP contribution < -0.4 is 0 Å². The maximum atomic E-state index is 12.5. The molecule has 0 radical (unpaired) electrons. The van der Waals surface area contributed by atoms with E-state index >= 15 is 0 Å². The number of piperidine rings is 1. The van der Waals surface area contributed by atoms with E-state index in [0.29, 0.717) is 5.56 Å². The summed E-state index contributed by atoms with van der Waals surface area (Å²) in [6.45, 7) is 1.78. The van der Waals surface area contributed by atoms with Gasteiger partial charge in [-0.25, -0.2) is 4.79 Å². The summed E-state index contributed by atoms with van der Waals surface area (Å²) in [5.41, 5.74) is 2.39. The van der Waals surface area contributed by atoms with Crippen LogP contribution in [0, 0.1) is 0 Å². The van der Waals surface area contributed by atoms with Crippen LogP contribution in [0.5, 0.6) is 0 Å². The largest absolute Gasteiger partial charge is 0.453 e. The normalized spacial score (nSPS) is 24.2. The van der Waals surface area contributed by atoms with Crippen LogP contribution in [0.15, 0.2) is 54.7 Å². The van der Waals surface area contributed by atoms with Gasteiger partial charge in [-0.05, 0) is 42.7 Å². The van der Waals surface area contributed by atoms with Crippen molar-refractivity contribution in [2.45, 2.75) is 24.9 Å². The molecule has 0 aliphatic carbocycles. The molecule has 2 aromatic heterocycles. The first kappa shape index (κ1) is 14.9. The van der Waals surface area contributed by atoms with Crippen LogP contribution in [0.3, 0.4) is 0 Å². The summed E-state index contributed by atoms with van der Waals surface area (Å²) >= 11 is 0. The van der Waals surface area contributed by atoms with E-state index < -0.39 is 5.60 Å². The molecule has 1 unspecified atom stereocenters. The van der Waals surface area contributed by atoms with E-state index in [2.05, 4.69) is 20.9 Å².